The molecule has 1 fully saturated rings. The van der Waals surface area contributed by atoms with Crippen LogP contribution in [0.25, 0.3) is 0 Å². The van der Waals surface area contributed by atoms with E-state index in [9.17, 15) is 4.79 Å². The summed E-state index contributed by atoms with van der Waals surface area (Å²) in [5, 5.41) is 9.49. The van der Waals surface area contributed by atoms with E-state index < -0.39 is 0 Å². The molecule has 1 rings (SSSR count). The van der Waals surface area contributed by atoms with E-state index in [0.29, 0.717) is 31.6 Å². The van der Waals surface area contributed by atoms with Gasteiger partial charge in [0.1, 0.15) is 0 Å². The van der Waals surface area contributed by atoms with Crippen LogP contribution in [0.1, 0.15) is 47.0 Å². The Labute approximate surface area is 146 Å². The number of alkyl carbamates (subject to hydrolysis) is 1. The Hall–Kier alpha value is -1.50. The van der Waals surface area contributed by atoms with Crippen molar-refractivity contribution in [1.82, 2.24) is 16.0 Å². The van der Waals surface area contributed by atoms with Crippen molar-refractivity contribution in [2.24, 2.45) is 10.9 Å². The Bertz CT molecular complexity index is 407. The van der Waals surface area contributed by atoms with Crippen molar-refractivity contribution < 1.29 is 14.3 Å². The number of amides is 1. The Morgan fingerprint density at radius 3 is 2.67 bits per heavy atom. The summed E-state index contributed by atoms with van der Waals surface area (Å²) >= 11 is 0. The number of hydrogen-bond acceptors (Lipinski definition) is 4. The van der Waals surface area contributed by atoms with Gasteiger partial charge < -0.3 is 25.4 Å². The number of nitrogens with zero attached hydrogens (tertiary/aromatic N) is 1. The van der Waals surface area contributed by atoms with Crippen molar-refractivity contribution >= 4 is 12.1 Å². The summed E-state index contributed by atoms with van der Waals surface area (Å²) in [4.78, 5) is 15.9. The van der Waals surface area contributed by atoms with E-state index in [0.717, 1.165) is 25.9 Å². The zero-order valence-corrected chi connectivity index (χ0v) is 15.8. The zero-order valence-electron chi connectivity index (χ0n) is 15.8. The minimum atomic E-state index is -0.375. The first kappa shape index (κ1) is 20.5. The highest BCUT2D eigenvalue weighted by Gasteiger charge is 2.29. The zero-order chi connectivity index (χ0) is 18.0. The van der Waals surface area contributed by atoms with Gasteiger partial charge in [-0.25, -0.2) is 4.79 Å². The highest BCUT2D eigenvalue weighted by atomic mass is 16.5. The molecule has 7 nitrogen and oxygen atoms in total. The lowest BCUT2D eigenvalue weighted by Crippen LogP contribution is -2.50. The number of rotatable bonds is 8. The number of carbonyl (C=O) groups is 1. The number of ether oxygens (including phenoxy) is 2. The average molecular weight is 342 g/mol. The average Bonchev–Trinajstić information content (AvgIpc) is 2.94. The smallest absolute Gasteiger partial charge is 0.407 e. The first-order valence-corrected chi connectivity index (χ1v) is 8.90. The molecule has 2 atom stereocenters. The summed E-state index contributed by atoms with van der Waals surface area (Å²) in [6.45, 7) is 10.7. The normalized spacial score (nSPS) is 22.3. The Kier molecular flexibility index (Phi) is 8.89. The van der Waals surface area contributed by atoms with Gasteiger partial charge in [-0.1, -0.05) is 13.8 Å². The van der Waals surface area contributed by atoms with Crippen LogP contribution in [0.2, 0.25) is 0 Å². The predicted molar refractivity (Wildman–Crippen MR) is 96.4 cm³/mol. The molecule has 1 aliphatic rings. The molecule has 0 aliphatic carbocycles. The molecule has 0 aromatic carbocycles. The quantitative estimate of drug-likeness (QED) is 0.463. The van der Waals surface area contributed by atoms with Crippen LogP contribution in [0.5, 0.6) is 0 Å². The highest BCUT2D eigenvalue weighted by Crippen LogP contribution is 2.23. The van der Waals surface area contributed by atoms with Crippen molar-refractivity contribution in [3.63, 3.8) is 0 Å². The molecular weight excluding hydrogens is 308 g/mol. The lowest BCUT2D eigenvalue weighted by molar-refractivity contribution is 0.0243. The van der Waals surface area contributed by atoms with Crippen molar-refractivity contribution in [3.8, 4) is 0 Å². The van der Waals surface area contributed by atoms with Gasteiger partial charge in [-0.3, -0.25) is 4.99 Å². The maximum atomic E-state index is 11.7. The summed E-state index contributed by atoms with van der Waals surface area (Å²) in [6.07, 6.45) is 2.64. The van der Waals surface area contributed by atoms with E-state index in [4.69, 9.17) is 9.47 Å². The van der Waals surface area contributed by atoms with Gasteiger partial charge in [0, 0.05) is 32.8 Å². The maximum Gasteiger partial charge on any atom is 0.407 e. The molecule has 0 spiro atoms. The lowest BCUT2D eigenvalue weighted by Gasteiger charge is -2.26. The highest BCUT2D eigenvalue weighted by molar-refractivity contribution is 5.79. The third kappa shape index (κ3) is 7.86. The number of aliphatic imine (C=N–C) groups is 1. The van der Waals surface area contributed by atoms with Crippen molar-refractivity contribution in [2.45, 2.75) is 58.6 Å². The minimum Gasteiger partial charge on any atom is -0.450 e. The van der Waals surface area contributed by atoms with Crippen LogP contribution in [0.4, 0.5) is 4.79 Å². The second-order valence-electron chi connectivity index (χ2n) is 6.90. The van der Waals surface area contributed by atoms with Crippen LogP contribution in [-0.4, -0.2) is 57.0 Å². The van der Waals surface area contributed by atoms with Crippen molar-refractivity contribution in [1.29, 1.82) is 0 Å². The number of carbonyl (C=O) groups excluding carboxylic acids is 1. The van der Waals surface area contributed by atoms with Gasteiger partial charge in [0.2, 0.25) is 0 Å². The molecular formula is C17H34N4O3. The van der Waals surface area contributed by atoms with E-state index in [1.54, 1.807) is 14.0 Å². The van der Waals surface area contributed by atoms with Gasteiger partial charge in [0.05, 0.1) is 12.2 Å². The topological polar surface area (TPSA) is 84.0 Å². The maximum absolute atomic E-state index is 11.7. The van der Waals surface area contributed by atoms with E-state index in [1.165, 1.54) is 0 Å². The molecule has 24 heavy (non-hydrogen) atoms. The molecule has 0 aromatic rings. The van der Waals surface area contributed by atoms with E-state index in [-0.39, 0.29) is 17.7 Å². The van der Waals surface area contributed by atoms with Crippen LogP contribution >= 0.6 is 0 Å². The van der Waals surface area contributed by atoms with Crippen molar-refractivity contribution in [2.75, 3.05) is 33.4 Å². The van der Waals surface area contributed by atoms with Gasteiger partial charge in [0.25, 0.3) is 0 Å². The molecule has 1 aliphatic heterocycles. The molecule has 1 amide bonds. The van der Waals surface area contributed by atoms with Crippen molar-refractivity contribution in [3.05, 3.63) is 0 Å². The van der Waals surface area contributed by atoms with Crippen LogP contribution in [0, 0.1) is 5.92 Å². The third-order valence-electron chi connectivity index (χ3n) is 4.02. The molecule has 0 radical (unpaired) electrons. The molecule has 0 aromatic heterocycles. The molecule has 140 valence electrons. The predicted octanol–water partition coefficient (Wildman–Crippen LogP) is 1.88. The SMILES string of the molecule is CCOC(=O)NC(CNC(=NC)NCC1(C)CCCO1)CC(C)C. The number of hydrogen-bond donors (Lipinski definition) is 3. The first-order valence-electron chi connectivity index (χ1n) is 8.90. The molecule has 1 saturated heterocycles. The van der Waals surface area contributed by atoms with E-state index >= 15 is 0 Å². The number of nitrogens with one attached hydrogen (secondary N) is 3. The summed E-state index contributed by atoms with van der Waals surface area (Å²) in [7, 11) is 1.74. The second kappa shape index (κ2) is 10.4. The fourth-order valence-corrected chi connectivity index (χ4v) is 2.79. The van der Waals surface area contributed by atoms with Crippen LogP contribution in [0.3, 0.4) is 0 Å². The van der Waals surface area contributed by atoms with Gasteiger partial charge in [-0.15, -0.1) is 0 Å². The molecule has 0 bridgehead atoms. The van der Waals surface area contributed by atoms with Crippen LogP contribution in [0.15, 0.2) is 4.99 Å². The van der Waals surface area contributed by atoms with E-state index in [1.807, 2.05) is 0 Å². The van der Waals surface area contributed by atoms with Gasteiger partial charge in [0.15, 0.2) is 5.96 Å². The largest absolute Gasteiger partial charge is 0.450 e. The molecule has 2 unspecified atom stereocenters. The fraction of sp³-hybridized carbons (Fsp3) is 0.882. The molecule has 7 heteroatoms. The second-order valence-corrected chi connectivity index (χ2v) is 6.90. The minimum absolute atomic E-state index is 0.0130. The standard InChI is InChI=1S/C17H34N4O3/c1-6-23-16(22)21-14(10-13(2)3)11-19-15(18-5)20-12-17(4)8-7-9-24-17/h13-14H,6-12H2,1-5H3,(H,21,22)(H2,18,19,20). The van der Waals surface area contributed by atoms with Gasteiger partial charge in [-0.05, 0) is 39.0 Å². The summed E-state index contributed by atoms with van der Waals surface area (Å²) in [5.41, 5.74) is -0.127. The monoisotopic (exact) mass is 342 g/mol. The fourth-order valence-electron chi connectivity index (χ4n) is 2.79. The van der Waals surface area contributed by atoms with Crippen LogP contribution in [-0.2, 0) is 9.47 Å². The summed E-state index contributed by atoms with van der Waals surface area (Å²) < 4.78 is 10.7. The van der Waals surface area contributed by atoms with Gasteiger partial charge in [-0.2, -0.15) is 0 Å². The molecule has 3 N–H and O–H groups in total. The Morgan fingerprint density at radius 1 is 1.38 bits per heavy atom. The Morgan fingerprint density at radius 2 is 2.12 bits per heavy atom. The lowest BCUT2D eigenvalue weighted by atomic mass is 10.0. The first-order chi connectivity index (χ1) is 11.4. The third-order valence-corrected chi connectivity index (χ3v) is 4.02. The van der Waals surface area contributed by atoms with E-state index in [2.05, 4.69) is 41.7 Å². The molecule has 0 saturated carbocycles. The summed E-state index contributed by atoms with van der Waals surface area (Å²) in [5.74, 6) is 1.19. The molecule has 1 heterocycles. The Balaban J connectivity index is 2.44. The number of guanidine groups is 1. The summed E-state index contributed by atoms with van der Waals surface area (Å²) in [6, 6.07) is -0.0130. The van der Waals surface area contributed by atoms with Crippen LogP contribution < -0.4 is 16.0 Å². The van der Waals surface area contributed by atoms with Gasteiger partial charge >= 0.3 is 6.09 Å².